The van der Waals surface area contributed by atoms with Crippen LogP contribution in [0.4, 0.5) is 0 Å². The van der Waals surface area contributed by atoms with Crippen molar-refractivity contribution >= 4 is 18.1 Å². The minimum atomic E-state index is 0.210. The predicted molar refractivity (Wildman–Crippen MR) is 128 cm³/mol. The van der Waals surface area contributed by atoms with Crippen LogP contribution >= 0.6 is 12.2 Å². The van der Waals surface area contributed by atoms with E-state index in [0.717, 1.165) is 49.0 Å². The van der Waals surface area contributed by atoms with Crippen molar-refractivity contribution in [3.05, 3.63) is 29.0 Å². The first-order chi connectivity index (χ1) is 15.6. The number of methoxy groups -OCH3 is 1. The highest BCUT2D eigenvalue weighted by molar-refractivity contribution is 7.71. The van der Waals surface area contributed by atoms with Gasteiger partial charge in [-0.25, -0.2) is 0 Å². The Labute approximate surface area is 195 Å². The topological polar surface area (TPSA) is 66.4 Å². The van der Waals surface area contributed by atoms with Crippen LogP contribution in [0.25, 0.3) is 11.4 Å². The van der Waals surface area contributed by atoms with E-state index >= 15 is 0 Å². The summed E-state index contributed by atoms with van der Waals surface area (Å²) in [5.41, 5.74) is 0.944. The summed E-state index contributed by atoms with van der Waals surface area (Å²) < 4.78 is 7.69. The molecule has 1 aromatic carbocycles. The summed E-state index contributed by atoms with van der Waals surface area (Å²) in [7, 11) is 1.65. The molecule has 4 rings (SSSR count). The van der Waals surface area contributed by atoms with Crippen molar-refractivity contribution < 1.29 is 9.53 Å². The quantitative estimate of drug-likeness (QED) is 0.634. The number of aromatic nitrogens is 3. The number of hydrogen-bond acceptors (Lipinski definition) is 5. The molecule has 174 valence electrons. The third-order valence-electron chi connectivity index (χ3n) is 6.84. The van der Waals surface area contributed by atoms with E-state index in [0.29, 0.717) is 17.7 Å². The van der Waals surface area contributed by atoms with Gasteiger partial charge in [0.1, 0.15) is 5.75 Å². The van der Waals surface area contributed by atoms with Crippen LogP contribution in [0.2, 0.25) is 0 Å². The molecular formula is C24H35N5O2S. The van der Waals surface area contributed by atoms with E-state index in [1.165, 1.54) is 45.3 Å². The van der Waals surface area contributed by atoms with Crippen LogP contribution in [0.3, 0.4) is 0 Å². The van der Waals surface area contributed by atoms with Crippen molar-refractivity contribution in [2.75, 3.05) is 39.8 Å². The van der Waals surface area contributed by atoms with E-state index in [4.69, 9.17) is 17.0 Å². The number of H-pyrrole nitrogens is 1. The number of rotatable bonds is 7. The predicted octanol–water partition coefficient (Wildman–Crippen LogP) is 4.12. The van der Waals surface area contributed by atoms with E-state index < -0.39 is 0 Å². The summed E-state index contributed by atoms with van der Waals surface area (Å²) in [6, 6.07) is 7.71. The van der Waals surface area contributed by atoms with Crippen molar-refractivity contribution in [2.24, 2.45) is 5.92 Å². The van der Waals surface area contributed by atoms with Crippen LogP contribution < -0.4 is 4.74 Å². The zero-order chi connectivity index (χ0) is 22.3. The van der Waals surface area contributed by atoms with Gasteiger partial charge in [0.15, 0.2) is 10.6 Å². The monoisotopic (exact) mass is 457 g/mol. The fraction of sp³-hybridized carbons (Fsp3) is 0.625. The molecule has 2 saturated heterocycles. The van der Waals surface area contributed by atoms with Gasteiger partial charge in [-0.1, -0.05) is 12.8 Å². The fourth-order valence-electron chi connectivity index (χ4n) is 4.90. The molecule has 3 heterocycles. The van der Waals surface area contributed by atoms with E-state index in [1.807, 2.05) is 33.7 Å². The molecule has 2 aliphatic heterocycles. The zero-order valence-electron chi connectivity index (χ0n) is 19.1. The molecule has 32 heavy (non-hydrogen) atoms. The van der Waals surface area contributed by atoms with Gasteiger partial charge in [0.25, 0.3) is 0 Å². The molecule has 0 radical (unpaired) electrons. The smallest absolute Gasteiger partial charge is 0.224 e. The number of carbonyl (C=O) groups excluding carboxylic acids is 1. The number of amides is 1. The van der Waals surface area contributed by atoms with Gasteiger partial charge in [0, 0.05) is 38.2 Å². The molecule has 0 saturated carbocycles. The lowest BCUT2D eigenvalue weighted by Crippen LogP contribution is -2.42. The molecule has 2 aliphatic rings. The van der Waals surface area contributed by atoms with Crippen LogP contribution in [0.15, 0.2) is 24.3 Å². The number of likely N-dealkylation sites (tertiary alicyclic amines) is 2. The van der Waals surface area contributed by atoms with Gasteiger partial charge in [0.2, 0.25) is 5.91 Å². The van der Waals surface area contributed by atoms with Crippen molar-refractivity contribution in [1.82, 2.24) is 24.6 Å². The highest BCUT2D eigenvalue weighted by Crippen LogP contribution is 2.23. The second-order valence-electron chi connectivity index (χ2n) is 9.02. The first-order valence-corrected chi connectivity index (χ1v) is 12.3. The third kappa shape index (κ3) is 5.78. The summed E-state index contributed by atoms with van der Waals surface area (Å²) >= 11 is 5.42. The Morgan fingerprint density at radius 2 is 1.78 bits per heavy atom. The number of piperidine rings is 1. The number of carbonyl (C=O) groups is 1. The number of ether oxygens (including phenoxy) is 1. The summed E-state index contributed by atoms with van der Waals surface area (Å²) in [4.78, 5) is 17.6. The molecule has 0 spiro atoms. The Kier molecular flexibility index (Phi) is 7.97. The van der Waals surface area contributed by atoms with Gasteiger partial charge in [-0.05, 0) is 81.2 Å². The summed E-state index contributed by atoms with van der Waals surface area (Å²) in [5.74, 6) is 2.48. The fourth-order valence-corrected chi connectivity index (χ4v) is 5.12. The number of nitrogens with zero attached hydrogens (tertiary/aromatic N) is 4. The van der Waals surface area contributed by atoms with Gasteiger partial charge >= 0.3 is 0 Å². The lowest BCUT2D eigenvalue weighted by molar-refractivity contribution is -0.132. The van der Waals surface area contributed by atoms with Crippen molar-refractivity contribution in [3.63, 3.8) is 0 Å². The number of hydrogen-bond donors (Lipinski definition) is 1. The molecule has 1 N–H and O–H groups in total. The van der Waals surface area contributed by atoms with Crippen LogP contribution in [-0.4, -0.2) is 70.3 Å². The van der Waals surface area contributed by atoms with Gasteiger partial charge in [-0.3, -0.25) is 14.5 Å². The van der Waals surface area contributed by atoms with E-state index in [2.05, 4.69) is 15.1 Å². The van der Waals surface area contributed by atoms with Gasteiger partial charge < -0.3 is 14.5 Å². The van der Waals surface area contributed by atoms with Gasteiger partial charge in [-0.15, -0.1) is 0 Å². The SMILES string of the molecule is COc1ccc(-c2n[nH]c(=S)n2CCC(=O)N2CCC(CN3CCCCCC3)CC2)cc1. The minimum Gasteiger partial charge on any atom is -0.497 e. The Bertz CT molecular complexity index is 923. The maximum absolute atomic E-state index is 12.9. The first kappa shape index (κ1) is 23.0. The Morgan fingerprint density at radius 3 is 2.44 bits per heavy atom. The summed E-state index contributed by atoms with van der Waals surface area (Å²) in [6.07, 6.45) is 8.11. The molecule has 0 bridgehead atoms. The molecule has 7 nitrogen and oxygen atoms in total. The van der Waals surface area contributed by atoms with Crippen LogP contribution in [0.1, 0.15) is 44.9 Å². The molecular weight excluding hydrogens is 422 g/mol. The standard InChI is InChI=1S/C24H35N5O2S/c1-31-21-8-6-20(7-9-21)23-25-26-24(32)29(23)17-12-22(30)28-15-10-19(11-16-28)18-27-13-4-2-3-5-14-27/h6-9,19H,2-5,10-18H2,1H3,(H,26,32). The molecule has 0 unspecified atom stereocenters. The first-order valence-electron chi connectivity index (χ1n) is 11.9. The largest absolute Gasteiger partial charge is 0.497 e. The summed E-state index contributed by atoms with van der Waals surface area (Å²) in [6.45, 7) is 5.99. The van der Waals surface area contributed by atoms with Crippen LogP contribution in [0, 0.1) is 10.7 Å². The highest BCUT2D eigenvalue weighted by Gasteiger charge is 2.24. The Morgan fingerprint density at radius 1 is 1.09 bits per heavy atom. The highest BCUT2D eigenvalue weighted by atomic mass is 32.1. The second kappa shape index (κ2) is 11.1. The molecule has 8 heteroatoms. The zero-order valence-corrected chi connectivity index (χ0v) is 19.9. The minimum absolute atomic E-state index is 0.210. The lowest BCUT2D eigenvalue weighted by atomic mass is 9.96. The van der Waals surface area contributed by atoms with Crippen molar-refractivity contribution in [3.8, 4) is 17.1 Å². The summed E-state index contributed by atoms with van der Waals surface area (Å²) in [5, 5.41) is 7.25. The number of nitrogens with one attached hydrogen (secondary N) is 1. The van der Waals surface area contributed by atoms with Crippen molar-refractivity contribution in [1.29, 1.82) is 0 Å². The van der Waals surface area contributed by atoms with E-state index in [9.17, 15) is 4.79 Å². The molecule has 0 aliphatic carbocycles. The van der Waals surface area contributed by atoms with E-state index in [1.54, 1.807) is 7.11 Å². The average molecular weight is 458 g/mol. The third-order valence-corrected chi connectivity index (χ3v) is 7.15. The number of benzene rings is 1. The number of aromatic amines is 1. The lowest BCUT2D eigenvalue weighted by Gasteiger charge is -2.34. The normalized spacial score (nSPS) is 18.5. The van der Waals surface area contributed by atoms with Gasteiger partial charge in [0.05, 0.1) is 7.11 Å². The Balaban J connectivity index is 1.28. The van der Waals surface area contributed by atoms with Crippen LogP contribution in [0.5, 0.6) is 5.75 Å². The molecule has 2 fully saturated rings. The molecule has 1 amide bonds. The second-order valence-corrected chi connectivity index (χ2v) is 9.41. The average Bonchev–Trinajstić information content (AvgIpc) is 3.01. The van der Waals surface area contributed by atoms with Crippen molar-refractivity contribution in [2.45, 2.75) is 51.5 Å². The maximum Gasteiger partial charge on any atom is 0.224 e. The molecule has 0 atom stereocenters. The molecule has 1 aromatic heterocycles. The van der Waals surface area contributed by atoms with Crippen LogP contribution in [-0.2, 0) is 11.3 Å². The van der Waals surface area contributed by atoms with Gasteiger partial charge in [-0.2, -0.15) is 5.10 Å². The maximum atomic E-state index is 12.9. The molecule has 2 aromatic rings. The Hall–Kier alpha value is -2.19. The van der Waals surface area contributed by atoms with E-state index in [-0.39, 0.29) is 5.91 Å².